The van der Waals surface area contributed by atoms with Crippen molar-refractivity contribution in [1.82, 2.24) is 4.90 Å². The average molecular weight is 260 g/mol. The lowest BCUT2D eigenvalue weighted by atomic mass is 9.91. The standard InChI is InChI=1S/C9H13ClF3NO2/c1-8(2,6(10)15)4-5-14(3)7(16)9(11,12)13/h4-5H2,1-3H3. The highest BCUT2D eigenvalue weighted by molar-refractivity contribution is 6.64. The van der Waals surface area contributed by atoms with Gasteiger partial charge in [0.2, 0.25) is 5.24 Å². The van der Waals surface area contributed by atoms with Gasteiger partial charge in [-0.1, -0.05) is 13.8 Å². The number of carbonyl (C=O) groups excluding carboxylic acids is 2. The van der Waals surface area contributed by atoms with E-state index in [1.807, 2.05) is 0 Å². The first-order valence-corrected chi connectivity index (χ1v) is 4.88. The van der Waals surface area contributed by atoms with E-state index in [4.69, 9.17) is 11.6 Å². The molecule has 0 saturated heterocycles. The highest BCUT2D eigenvalue weighted by atomic mass is 35.5. The fourth-order valence-electron chi connectivity index (χ4n) is 0.863. The van der Waals surface area contributed by atoms with E-state index in [2.05, 4.69) is 0 Å². The van der Waals surface area contributed by atoms with Crippen LogP contribution in [0.2, 0.25) is 0 Å². The summed E-state index contributed by atoms with van der Waals surface area (Å²) >= 11 is 5.26. The maximum atomic E-state index is 12.0. The van der Waals surface area contributed by atoms with E-state index in [0.717, 1.165) is 7.05 Å². The van der Waals surface area contributed by atoms with Gasteiger partial charge in [0.15, 0.2) is 0 Å². The van der Waals surface area contributed by atoms with Crippen molar-refractivity contribution in [3.05, 3.63) is 0 Å². The Bertz CT molecular complexity index is 289. The Kier molecular flexibility index (Phi) is 4.79. The molecule has 0 aromatic rings. The summed E-state index contributed by atoms with van der Waals surface area (Å²) in [5.74, 6) is -1.93. The van der Waals surface area contributed by atoms with E-state index >= 15 is 0 Å². The molecule has 0 bridgehead atoms. The average Bonchev–Trinajstić information content (AvgIpc) is 2.11. The molecule has 0 N–H and O–H groups in total. The molecule has 0 aliphatic heterocycles. The first-order valence-electron chi connectivity index (χ1n) is 4.50. The van der Waals surface area contributed by atoms with Crippen molar-refractivity contribution in [3.8, 4) is 0 Å². The lowest BCUT2D eigenvalue weighted by molar-refractivity contribution is -0.184. The summed E-state index contributed by atoms with van der Waals surface area (Å²) in [6, 6.07) is 0. The molecule has 0 radical (unpaired) electrons. The Morgan fingerprint density at radius 2 is 1.69 bits per heavy atom. The molecule has 0 spiro atoms. The first kappa shape index (κ1) is 15.2. The summed E-state index contributed by atoms with van der Waals surface area (Å²) in [6.45, 7) is 2.84. The van der Waals surface area contributed by atoms with Crippen molar-refractivity contribution in [2.24, 2.45) is 5.41 Å². The molecular formula is C9H13ClF3NO2. The molecular weight excluding hydrogens is 247 g/mol. The van der Waals surface area contributed by atoms with Gasteiger partial charge in [0.25, 0.3) is 0 Å². The Hall–Kier alpha value is -0.780. The molecule has 16 heavy (non-hydrogen) atoms. The van der Waals surface area contributed by atoms with E-state index in [1.54, 1.807) is 0 Å². The predicted molar refractivity (Wildman–Crippen MR) is 53.0 cm³/mol. The van der Waals surface area contributed by atoms with E-state index in [-0.39, 0.29) is 13.0 Å². The van der Waals surface area contributed by atoms with Gasteiger partial charge in [0, 0.05) is 19.0 Å². The molecule has 0 aromatic carbocycles. The van der Waals surface area contributed by atoms with Crippen LogP contribution in [0.25, 0.3) is 0 Å². The third-order valence-electron chi connectivity index (χ3n) is 2.19. The molecule has 0 atom stereocenters. The Morgan fingerprint density at radius 3 is 2.00 bits per heavy atom. The second-order valence-corrected chi connectivity index (χ2v) is 4.48. The minimum Gasteiger partial charge on any atom is -0.338 e. The number of rotatable bonds is 4. The van der Waals surface area contributed by atoms with E-state index < -0.39 is 22.7 Å². The summed E-state index contributed by atoms with van der Waals surface area (Å²) in [6.07, 6.45) is -4.81. The Balaban J connectivity index is 4.34. The summed E-state index contributed by atoms with van der Waals surface area (Å²) in [5.41, 5.74) is -0.943. The van der Waals surface area contributed by atoms with E-state index in [9.17, 15) is 22.8 Å². The zero-order valence-corrected chi connectivity index (χ0v) is 9.95. The summed E-state index contributed by atoms with van der Waals surface area (Å²) in [5, 5.41) is -0.639. The maximum absolute atomic E-state index is 12.0. The highest BCUT2D eigenvalue weighted by Crippen LogP contribution is 2.25. The monoisotopic (exact) mass is 259 g/mol. The van der Waals surface area contributed by atoms with Crippen LogP contribution in [0.5, 0.6) is 0 Å². The van der Waals surface area contributed by atoms with Crippen LogP contribution < -0.4 is 0 Å². The van der Waals surface area contributed by atoms with Gasteiger partial charge in [0.05, 0.1) is 0 Å². The summed E-state index contributed by atoms with van der Waals surface area (Å²) < 4.78 is 36.0. The maximum Gasteiger partial charge on any atom is 0.471 e. The normalized spacial score (nSPS) is 12.4. The highest BCUT2D eigenvalue weighted by Gasteiger charge is 2.41. The number of hydrogen-bond acceptors (Lipinski definition) is 2. The van der Waals surface area contributed by atoms with E-state index in [0.29, 0.717) is 4.90 Å². The molecule has 0 aliphatic rings. The van der Waals surface area contributed by atoms with Crippen molar-refractivity contribution < 1.29 is 22.8 Å². The van der Waals surface area contributed by atoms with Crippen LogP contribution in [0.1, 0.15) is 20.3 Å². The van der Waals surface area contributed by atoms with Crippen molar-refractivity contribution in [1.29, 1.82) is 0 Å². The number of alkyl halides is 3. The van der Waals surface area contributed by atoms with Crippen LogP contribution in [0, 0.1) is 5.41 Å². The van der Waals surface area contributed by atoms with Gasteiger partial charge in [-0.3, -0.25) is 9.59 Å². The third kappa shape index (κ3) is 4.38. The van der Waals surface area contributed by atoms with Crippen LogP contribution >= 0.6 is 11.6 Å². The second-order valence-electron chi connectivity index (χ2n) is 4.13. The minimum atomic E-state index is -4.89. The van der Waals surface area contributed by atoms with Crippen molar-refractivity contribution in [2.45, 2.75) is 26.4 Å². The van der Waals surface area contributed by atoms with Crippen LogP contribution in [0.15, 0.2) is 0 Å². The minimum absolute atomic E-state index is 0.0770. The second kappa shape index (κ2) is 5.03. The molecule has 0 aromatic heterocycles. The van der Waals surface area contributed by atoms with Crippen LogP contribution in [-0.2, 0) is 9.59 Å². The smallest absolute Gasteiger partial charge is 0.338 e. The molecule has 0 fully saturated rings. The number of nitrogens with zero attached hydrogens (tertiary/aromatic N) is 1. The van der Waals surface area contributed by atoms with Gasteiger partial charge in [-0.25, -0.2) is 0 Å². The topological polar surface area (TPSA) is 37.4 Å². The predicted octanol–water partition coefficient (Wildman–Crippen LogP) is 2.19. The van der Waals surface area contributed by atoms with Crippen molar-refractivity contribution in [3.63, 3.8) is 0 Å². The van der Waals surface area contributed by atoms with E-state index in [1.165, 1.54) is 13.8 Å². The molecule has 3 nitrogen and oxygen atoms in total. The van der Waals surface area contributed by atoms with Crippen molar-refractivity contribution >= 4 is 22.8 Å². The van der Waals surface area contributed by atoms with Crippen LogP contribution in [0.4, 0.5) is 13.2 Å². The van der Waals surface area contributed by atoms with Gasteiger partial charge in [0.1, 0.15) is 0 Å². The molecule has 94 valence electrons. The van der Waals surface area contributed by atoms with Gasteiger partial charge in [-0.2, -0.15) is 13.2 Å². The van der Waals surface area contributed by atoms with Crippen LogP contribution in [0.3, 0.4) is 0 Å². The summed E-state index contributed by atoms with van der Waals surface area (Å²) in [7, 11) is 1.03. The lowest BCUT2D eigenvalue weighted by Gasteiger charge is -2.24. The van der Waals surface area contributed by atoms with Gasteiger partial charge in [-0.05, 0) is 18.0 Å². The zero-order chi connectivity index (χ0) is 13.1. The summed E-state index contributed by atoms with van der Waals surface area (Å²) in [4.78, 5) is 22.1. The number of hydrogen-bond donors (Lipinski definition) is 0. The largest absolute Gasteiger partial charge is 0.471 e. The number of halogens is 4. The van der Waals surface area contributed by atoms with Gasteiger partial charge >= 0.3 is 12.1 Å². The molecule has 0 unspecified atom stereocenters. The quantitative estimate of drug-likeness (QED) is 0.726. The van der Waals surface area contributed by atoms with Crippen molar-refractivity contribution in [2.75, 3.05) is 13.6 Å². The molecule has 0 heterocycles. The Morgan fingerprint density at radius 1 is 1.25 bits per heavy atom. The molecule has 0 saturated carbocycles. The zero-order valence-electron chi connectivity index (χ0n) is 9.19. The SMILES string of the molecule is CN(CCC(C)(C)C(=O)Cl)C(=O)C(F)(F)F. The van der Waals surface area contributed by atoms with Crippen LogP contribution in [-0.4, -0.2) is 35.8 Å². The molecule has 0 aliphatic carbocycles. The lowest BCUT2D eigenvalue weighted by Crippen LogP contribution is -2.40. The van der Waals surface area contributed by atoms with Gasteiger partial charge < -0.3 is 4.90 Å². The fraction of sp³-hybridized carbons (Fsp3) is 0.778. The number of carbonyl (C=O) groups is 2. The molecule has 1 amide bonds. The fourth-order valence-corrected chi connectivity index (χ4v) is 0.958. The van der Waals surface area contributed by atoms with Gasteiger partial charge in [-0.15, -0.1) is 0 Å². The first-order chi connectivity index (χ1) is 6.98. The number of amides is 1. The third-order valence-corrected chi connectivity index (χ3v) is 2.71. The molecule has 0 rings (SSSR count). The Labute approximate surface area is 96.5 Å². The molecule has 7 heteroatoms.